The molecule has 9 nitrogen and oxygen atoms in total. The van der Waals surface area contributed by atoms with Crippen molar-refractivity contribution in [2.24, 2.45) is 5.10 Å². The summed E-state index contributed by atoms with van der Waals surface area (Å²) in [6.07, 6.45) is 1.10. The number of nitro groups is 1. The van der Waals surface area contributed by atoms with Crippen LogP contribution in [0.2, 0.25) is 10.0 Å². The van der Waals surface area contributed by atoms with Crippen LogP contribution in [0.3, 0.4) is 0 Å². The molecule has 170 valence electrons. The molecule has 0 aromatic heterocycles. The third-order valence-corrected chi connectivity index (χ3v) is 5.00. The summed E-state index contributed by atoms with van der Waals surface area (Å²) in [5.74, 6) is -0.0811. The van der Waals surface area contributed by atoms with Crippen molar-refractivity contribution in [1.29, 1.82) is 0 Å². The molecular weight excluding hydrogens is 473 g/mol. The molecule has 0 bridgehead atoms. The summed E-state index contributed by atoms with van der Waals surface area (Å²) in [4.78, 5) is 22.7. The van der Waals surface area contributed by atoms with Gasteiger partial charge in [0.2, 0.25) is 0 Å². The first-order valence-electron chi connectivity index (χ1n) is 9.34. The number of hydrogen-bond donors (Lipinski definition) is 2. The van der Waals surface area contributed by atoms with Gasteiger partial charge in [-0.05, 0) is 36.4 Å². The summed E-state index contributed by atoms with van der Waals surface area (Å²) in [6.45, 7) is 0.162. The van der Waals surface area contributed by atoms with Gasteiger partial charge in [-0.25, -0.2) is 5.43 Å². The van der Waals surface area contributed by atoms with Gasteiger partial charge in [0.05, 0.1) is 18.2 Å². The van der Waals surface area contributed by atoms with Gasteiger partial charge in [0.1, 0.15) is 12.4 Å². The number of nitrogens with zero attached hydrogens (tertiary/aromatic N) is 2. The fourth-order valence-corrected chi connectivity index (χ4v) is 3.17. The lowest BCUT2D eigenvalue weighted by Gasteiger charge is -2.12. The molecule has 0 fully saturated rings. The Bertz CT molecular complexity index is 1230. The van der Waals surface area contributed by atoms with Crippen molar-refractivity contribution in [2.45, 2.75) is 6.61 Å². The minimum Gasteiger partial charge on any atom is -0.507 e. The fourth-order valence-electron chi connectivity index (χ4n) is 2.71. The molecule has 11 heteroatoms. The fraction of sp³-hybridized carbons (Fsp3) is 0.0909. The predicted molar refractivity (Wildman–Crippen MR) is 124 cm³/mol. The van der Waals surface area contributed by atoms with E-state index in [-0.39, 0.29) is 29.2 Å². The molecule has 0 aliphatic rings. The van der Waals surface area contributed by atoms with E-state index in [9.17, 15) is 20.0 Å². The van der Waals surface area contributed by atoms with Gasteiger partial charge in [-0.1, -0.05) is 29.3 Å². The van der Waals surface area contributed by atoms with Crippen LogP contribution < -0.4 is 14.9 Å². The molecule has 0 heterocycles. The smallest absolute Gasteiger partial charge is 0.271 e. The first-order valence-corrected chi connectivity index (χ1v) is 10.1. The maximum Gasteiger partial charge on any atom is 0.271 e. The van der Waals surface area contributed by atoms with Crippen molar-refractivity contribution in [2.75, 3.05) is 7.11 Å². The lowest BCUT2D eigenvalue weighted by atomic mass is 10.2. The van der Waals surface area contributed by atoms with E-state index < -0.39 is 10.8 Å². The molecule has 2 N–H and O–H groups in total. The van der Waals surface area contributed by atoms with Gasteiger partial charge in [-0.15, -0.1) is 0 Å². The highest BCUT2D eigenvalue weighted by Crippen LogP contribution is 2.30. The maximum atomic E-state index is 12.4. The van der Waals surface area contributed by atoms with Gasteiger partial charge in [0, 0.05) is 38.9 Å². The quantitative estimate of drug-likeness (QED) is 0.262. The van der Waals surface area contributed by atoms with E-state index in [0.29, 0.717) is 21.5 Å². The number of carbonyl (C=O) groups excluding carboxylic acids is 1. The average Bonchev–Trinajstić information content (AvgIpc) is 2.79. The second kappa shape index (κ2) is 10.7. The van der Waals surface area contributed by atoms with Gasteiger partial charge in [0.25, 0.3) is 11.6 Å². The van der Waals surface area contributed by atoms with E-state index in [1.807, 2.05) is 0 Å². The van der Waals surface area contributed by atoms with Crippen molar-refractivity contribution in [3.05, 3.63) is 91.4 Å². The standard InChI is InChI=1S/C22H17Cl2N3O6/c1-32-21-9-13(3-7-20(21)33-12-14-2-4-16(23)10-18(14)24)22(29)26-25-11-15-8-17(27(30)31)5-6-19(15)28/h2-11,28H,12H2,1H3,(H,26,29)/b25-11-. The SMILES string of the molecule is COc1cc(C(=O)N/N=C\c2cc([N+](=O)[O-])ccc2O)ccc1OCc1ccc(Cl)cc1Cl. The van der Waals surface area contributed by atoms with Crippen LogP contribution in [0.25, 0.3) is 0 Å². The Morgan fingerprint density at radius 2 is 1.94 bits per heavy atom. The zero-order valence-electron chi connectivity index (χ0n) is 17.1. The number of rotatable bonds is 8. The minimum atomic E-state index is -0.605. The van der Waals surface area contributed by atoms with Crippen LogP contribution in [0.15, 0.2) is 59.7 Å². The highest BCUT2D eigenvalue weighted by Gasteiger charge is 2.13. The second-order valence-electron chi connectivity index (χ2n) is 6.59. The summed E-state index contributed by atoms with van der Waals surface area (Å²) in [6, 6.07) is 13.1. The Morgan fingerprint density at radius 3 is 2.64 bits per heavy atom. The van der Waals surface area contributed by atoms with E-state index in [1.165, 1.54) is 25.3 Å². The predicted octanol–water partition coefficient (Wildman–Crippen LogP) is 4.96. The number of hydrazone groups is 1. The zero-order chi connectivity index (χ0) is 24.0. The number of methoxy groups -OCH3 is 1. The van der Waals surface area contributed by atoms with Crippen LogP contribution in [0.5, 0.6) is 17.2 Å². The molecule has 0 saturated heterocycles. The number of nitrogens with one attached hydrogen (secondary N) is 1. The largest absolute Gasteiger partial charge is 0.507 e. The first kappa shape index (κ1) is 23.8. The second-order valence-corrected chi connectivity index (χ2v) is 7.43. The molecular formula is C22H17Cl2N3O6. The van der Waals surface area contributed by atoms with E-state index >= 15 is 0 Å². The molecule has 3 rings (SSSR count). The summed E-state index contributed by atoms with van der Waals surface area (Å²) < 4.78 is 11.1. The molecule has 3 aromatic carbocycles. The van der Waals surface area contributed by atoms with Crippen LogP contribution in [0.4, 0.5) is 5.69 Å². The number of aromatic hydroxyl groups is 1. The van der Waals surface area contributed by atoms with E-state index in [0.717, 1.165) is 23.9 Å². The number of benzene rings is 3. The summed E-state index contributed by atoms with van der Waals surface area (Å²) in [7, 11) is 1.43. The summed E-state index contributed by atoms with van der Waals surface area (Å²) >= 11 is 12.0. The van der Waals surface area contributed by atoms with Gasteiger partial charge in [-0.3, -0.25) is 14.9 Å². The van der Waals surface area contributed by atoms with Crippen molar-refractivity contribution in [1.82, 2.24) is 5.43 Å². The number of ether oxygens (including phenoxy) is 2. The molecule has 0 saturated carbocycles. The average molecular weight is 490 g/mol. The molecule has 0 aliphatic carbocycles. The molecule has 0 atom stereocenters. The van der Waals surface area contributed by atoms with Crippen LogP contribution in [-0.2, 0) is 6.61 Å². The Kier molecular flexibility index (Phi) is 7.70. The third-order valence-electron chi connectivity index (χ3n) is 4.42. The zero-order valence-corrected chi connectivity index (χ0v) is 18.6. The summed E-state index contributed by atoms with van der Waals surface area (Å²) in [5, 5.41) is 25.4. The van der Waals surface area contributed by atoms with Gasteiger partial charge in [0.15, 0.2) is 11.5 Å². The monoisotopic (exact) mass is 489 g/mol. The van der Waals surface area contributed by atoms with Crippen LogP contribution in [-0.4, -0.2) is 29.3 Å². The number of phenolic OH excluding ortho intramolecular Hbond substituents is 1. The number of carbonyl (C=O) groups is 1. The van der Waals surface area contributed by atoms with E-state index in [1.54, 1.807) is 24.3 Å². The van der Waals surface area contributed by atoms with Crippen LogP contribution in [0, 0.1) is 10.1 Å². The number of non-ortho nitro benzene ring substituents is 1. The molecule has 33 heavy (non-hydrogen) atoms. The maximum absolute atomic E-state index is 12.4. The summed E-state index contributed by atoms with van der Waals surface area (Å²) in [5.41, 5.74) is 3.09. The molecule has 0 spiro atoms. The highest BCUT2D eigenvalue weighted by molar-refractivity contribution is 6.35. The van der Waals surface area contributed by atoms with Gasteiger partial charge >= 0.3 is 0 Å². The topological polar surface area (TPSA) is 123 Å². The molecule has 0 unspecified atom stereocenters. The third kappa shape index (κ3) is 6.12. The Hall–Kier alpha value is -3.82. The molecule has 0 radical (unpaired) electrons. The van der Waals surface area contributed by atoms with Gasteiger partial charge < -0.3 is 14.6 Å². The van der Waals surface area contributed by atoms with E-state index in [4.69, 9.17) is 32.7 Å². The number of nitro benzene ring substituents is 1. The Morgan fingerprint density at radius 1 is 1.15 bits per heavy atom. The van der Waals surface area contributed by atoms with Crippen LogP contribution >= 0.6 is 23.2 Å². The van der Waals surface area contributed by atoms with Crippen molar-refractivity contribution < 1.29 is 24.3 Å². The van der Waals surface area contributed by atoms with Crippen LogP contribution in [0.1, 0.15) is 21.5 Å². The Balaban J connectivity index is 1.68. The number of halogens is 2. The number of hydrogen-bond acceptors (Lipinski definition) is 7. The lowest BCUT2D eigenvalue weighted by Crippen LogP contribution is -2.17. The Labute approximate surface area is 198 Å². The number of phenols is 1. The molecule has 1 amide bonds. The normalized spacial score (nSPS) is 10.8. The van der Waals surface area contributed by atoms with Gasteiger partial charge in [-0.2, -0.15) is 5.10 Å². The lowest BCUT2D eigenvalue weighted by molar-refractivity contribution is -0.384. The first-order chi connectivity index (χ1) is 15.8. The highest BCUT2D eigenvalue weighted by atomic mass is 35.5. The molecule has 0 aliphatic heterocycles. The minimum absolute atomic E-state index is 0.0756. The van der Waals surface area contributed by atoms with Crippen molar-refractivity contribution in [3.8, 4) is 17.2 Å². The van der Waals surface area contributed by atoms with Crippen molar-refractivity contribution in [3.63, 3.8) is 0 Å². The number of amides is 1. The van der Waals surface area contributed by atoms with E-state index in [2.05, 4.69) is 10.5 Å². The molecule has 3 aromatic rings. The van der Waals surface area contributed by atoms with Crippen molar-refractivity contribution >= 4 is 41.0 Å².